The predicted molar refractivity (Wildman–Crippen MR) is 67.3 cm³/mol. The van der Waals surface area contributed by atoms with Gasteiger partial charge < -0.3 is 9.57 Å². The van der Waals surface area contributed by atoms with Gasteiger partial charge in [-0.25, -0.2) is 4.79 Å². The number of hydrogen-bond acceptors (Lipinski definition) is 5. The monoisotopic (exact) mass is 255 g/mol. The molecule has 1 aliphatic carbocycles. The smallest absolute Gasteiger partial charge is 0.364 e. The first-order chi connectivity index (χ1) is 8.54. The molecule has 5 nitrogen and oxygen atoms in total. The second-order valence-electron chi connectivity index (χ2n) is 4.70. The summed E-state index contributed by atoms with van der Waals surface area (Å²) in [6, 6.07) is 0. The lowest BCUT2D eigenvalue weighted by Crippen LogP contribution is -2.26. The van der Waals surface area contributed by atoms with Gasteiger partial charge >= 0.3 is 5.97 Å². The first kappa shape index (κ1) is 14.7. The molecule has 0 spiro atoms. The average Bonchev–Trinajstić information content (AvgIpc) is 2.31. The van der Waals surface area contributed by atoms with Gasteiger partial charge in [-0.05, 0) is 38.5 Å². The fraction of sp³-hybridized carbons (Fsp3) is 0.769. The fourth-order valence-corrected chi connectivity index (χ4v) is 1.91. The zero-order chi connectivity index (χ0) is 13.5. The molecular weight excluding hydrogens is 234 g/mol. The summed E-state index contributed by atoms with van der Waals surface area (Å²) < 4.78 is 4.75. The number of hydrogen-bond donors (Lipinski definition) is 0. The van der Waals surface area contributed by atoms with E-state index in [9.17, 15) is 9.59 Å². The predicted octanol–water partition coefficient (Wildman–Crippen LogP) is 2.09. The van der Waals surface area contributed by atoms with E-state index in [4.69, 9.17) is 9.57 Å². The standard InChI is InChI=1S/C13H21NO4/c1-4-17-13(16)12(10(3)15)14-18-11-7-5-9(2)6-8-11/h9,11H,4-8H2,1-3H3/b14-12+. The van der Waals surface area contributed by atoms with E-state index in [1.165, 1.54) is 6.92 Å². The van der Waals surface area contributed by atoms with Crippen LogP contribution in [0.15, 0.2) is 5.16 Å². The summed E-state index contributed by atoms with van der Waals surface area (Å²) in [6.45, 7) is 5.38. The van der Waals surface area contributed by atoms with Crippen molar-refractivity contribution in [3.05, 3.63) is 0 Å². The molecule has 0 N–H and O–H groups in total. The molecule has 0 saturated heterocycles. The summed E-state index contributed by atoms with van der Waals surface area (Å²) >= 11 is 0. The largest absolute Gasteiger partial charge is 0.461 e. The van der Waals surface area contributed by atoms with Gasteiger partial charge in [0, 0.05) is 6.92 Å². The van der Waals surface area contributed by atoms with Crippen molar-refractivity contribution in [3.8, 4) is 0 Å². The Labute approximate surface area is 108 Å². The molecule has 1 rings (SSSR count). The Morgan fingerprint density at radius 3 is 2.33 bits per heavy atom. The highest BCUT2D eigenvalue weighted by Gasteiger charge is 2.22. The van der Waals surface area contributed by atoms with Crippen molar-refractivity contribution in [1.29, 1.82) is 0 Å². The Morgan fingerprint density at radius 2 is 1.83 bits per heavy atom. The molecule has 5 heteroatoms. The van der Waals surface area contributed by atoms with Crippen LogP contribution in [0.2, 0.25) is 0 Å². The van der Waals surface area contributed by atoms with Gasteiger partial charge in [-0.2, -0.15) is 0 Å². The lowest BCUT2D eigenvalue weighted by atomic mass is 9.89. The van der Waals surface area contributed by atoms with Gasteiger partial charge in [0.2, 0.25) is 5.71 Å². The molecule has 18 heavy (non-hydrogen) atoms. The molecule has 1 saturated carbocycles. The van der Waals surface area contributed by atoms with Crippen molar-refractivity contribution < 1.29 is 19.2 Å². The molecule has 102 valence electrons. The molecule has 0 unspecified atom stereocenters. The summed E-state index contributed by atoms with van der Waals surface area (Å²) in [5.41, 5.74) is -0.254. The van der Waals surface area contributed by atoms with Crippen LogP contribution in [0.1, 0.15) is 46.5 Å². The first-order valence-corrected chi connectivity index (χ1v) is 6.46. The van der Waals surface area contributed by atoms with Gasteiger partial charge in [0.05, 0.1) is 6.61 Å². The van der Waals surface area contributed by atoms with Gasteiger partial charge in [-0.1, -0.05) is 12.1 Å². The van der Waals surface area contributed by atoms with E-state index in [2.05, 4.69) is 12.1 Å². The van der Waals surface area contributed by atoms with E-state index in [0.29, 0.717) is 5.92 Å². The minimum absolute atomic E-state index is 0.00461. The number of esters is 1. The van der Waals surface area contributed by atoms with Crippen molar-refractivity contribution in [3.63, 3.8) is 0 Å². The van der Waals surface area contributed by atoms with E-state index >= 15 is 0 Å². The number of carbonyl (C=O) groups excluding carboxylic acids is 2. The van der Waals surface area contributed by atoms with E-state index in [1.54, 1.807) is 6.92 Å². The molecule has 0 heterocycles. The molecule has 0 aromatic carbocycles. The molecule has 0 bridgehead atoms. The highest BCUT2D eigenvalue weighted by Crippen LogP contribution is 2.25. The number of carbonyl (C=O) groups is 2. The van der Waals surface area contributed by atoms with Crippen molar-refractivity contribution >= 4 is 17.5 Å². The van der Waals surface area contributed by atoms with Crippen molar-refractivity contribution in [2.24, 2.45) is 11.1 Å². The van der Waals surface area contributed by atoms with E-state index in [0.717, 1.165) is 25.7 Å². The molecule has 0 aromatic rings. The van der Waals surface area contributed by atoms with Crippen LogP contribution in [0.4, 0.5) is 0 Å². The Bertz CT molecular complexity index is 330. The van der Waals surface area contributed by atoms with Crippen LogP contribution >= 0.6 is 0 Å². The van der Waals surface area contributed by atoms with Crippen LogP contribution in [0.25, 0.3) is 0 Å². The number of Topliss-reactive ketones (excluding diaryl/α,β-unsaturated/α-hetero) is 1. The molecule has 0 amide bonds. The minimum atomic E-state index is -0.714. The van der Waals surface area contributed by atoms with Gasteiger partial charge in [0.15, 0.2) is 5.78 Å². The number of nitrogens with zero attached hydrogens (tertiary/aromatic N) is 1. The summed E-state index contributed by atoms with van der Waals surface area (Å²) in [5.74, 6) is -0.432. The van der Waals surface area contributed by atoms with Crippen LogP contribution in [0, 0.1) is 5.92 Å². The molecule has 0 aliphatic heterocycles. The lowest BCUT2D eigenvalue weighted by molar-refractivity contribution is -0.136. The van der Waals surface area contributed by atoms with Crippen molar-refractivity contribution in [1.82, 2.24) is 0 Å². The first-order valence-electron chi connectivity index (χ1n) is 6.46. The molecular formula is C13H21NO4. The van der Waals surface area contributed by atoms with Crippen molar-refractivity contribution in [2.45, 2.75) is 52.6 Å². The molecule has 1 fully saturated rings. The van der Waals surface area contributed by atoms with Gasteiger partial charge in [-0.3, -0.25) is 4.79 Å². The van der Waals surface area contributed by atoms with Gasteiger partial charge in [0.25, 0.3) is 0 Å². The quantitative estimate of drug-likeness (QED) is 0.326. The van der Waals surface area contributed by atoms with E-state index in [-0.39, 0.29) is 18.4 Å². The van der Waals surface area contributed by atoms with Gasteiger partial charge in [0.1, 0.15) is 6.10 Å². The minimum Gasteiger partial charge on any atom is -0.461 e. The Morgan fingerprint density at radius 1 is 1.22 bits per heavy atom. The Hall–Kier alpha value is -1.39. The summed E-state index contributed by atoms with van der Waals surface area (Å²) in [6.07, 6.45) is 4.02. The number of oxime groups is 1. The number of ketones is 1. The second kappa shape index (κ2) is 7.13. The summed E-state index contributed by atoms with van der Waals surface area (Å²) in [5, 5.41) is 3.68. The summed E-state index contributed by atoms with van der Waals surface area (Å²) in [4.78, 5) is 28.0. The maximum Gasteiger partial charge on any atom is 0.364 e. The van der Waals surface area contributed by atoms with Crippen molar-refractivity contribution in [2.75, 3.05) is 6.61 Å². The van der Waals surface area contributed by atoms with Crippen LogP contribution < -0.4 is 0 Å². The highest BCUT2D eigenvalue weighted by molar-refractivity contribution is 6.63. The lowest BCUT2D eigenvalue weighted by Gasteiger charge is -2.24. The maximum absolute atomic E-state index is 11.5. The second-order valence-corrected chi connectivity index (χ2v) is 4.70. The SMILES string of the molecule is CCOC(=O)/C(=N/OC1CCC(C)CC1)C(C)=O. The average molecular weight is 255 g/mol. The van der Waals surface area contributed by atoms with Crippen LogP contribution in [-0.2, 0) is 19.2 Å². The summed E-state index contributed by atoms with van der Waals surface area (Å²) in [7, 11) is 0. The zero-order valence-electron chi connectivity index (χ0n) is 11.3. The fourth-order valence-electron chi connectivity index (χ4n) is 1.91. The van der Waals surface area contributed by atoms with E-state index < -0.39 is 11.8 Å². The third kappa shape index (κ3) is 4.47. The normalized spacial score (nSPS) is 24.5. The van der Waals surface area contributed by atoms with Crippen LogP contribution in [0.3, 0.4) is 0 Å². The molecule has 0 atom stereocenters. The Kier molecular flexibility index (Phi) is 5.82. The Balaban J connectivity index is 2.55. The third-order valence-corrected chi connectivity index (χ3v) is 3.06. The topological polar surface area (TPSA) is 65.0 Å². The van der Waals surface area contributed by atoms with Crippen LogP contribution in [-0.4, -0.2) is 30.2 Å². The zero-order valence-corrected chi connectivity index (χ0v) is 11.3. The number of ether oxygens (including phenoxy) is 1. The molecule has 0 aromatic heterocycles. The molecule has 0 radical (unpaired) electrons. The number of rotatable bonds is 5. The van der Waals surface area contributed by atoms with Crippen LogP contribution in [0.5, 0.6) is 0 Å². The van der Waals surface area contributed by atoms with E-state index in [1.807, 2.05) is 0 Å². The van der Waals surface area contributed by atoms with Gasteiger partial charge in [-0.15, -0.1) is 0 Å². The molecule has 1 aliphatic rings. The highest BCUT2D eigenvalue weighted by atomic mass is 16.6. The maximum atomic E-state index is 11.5. The third-order valence-electron chi connectivity index (χ3n) is 3.06.